The molecule has 5 atom stereocenters. The number of para-hydroxylation sites is 1. The van der Waals surface area contributed by atoms with Crippen LogP contribution in [0.1, 0.15) is 33.3 Å². The summed E-state index contributed by atoms with van der Waals surface area (Å²) in [5.74, 6) is -3.32. The van der Waals surface area contributed by atoms with Crippen LogP contribution in [0.4, 0.5) is 5.69 Å². The zero-order chi connectivity index (χ0) is 32.0. The highest BCUT2D eigenvalue weighted by molar-refractivity contribution is 8.14. The van der Waals surface area contributed by atoms with Crippen molar-refractivity contribution >= 4 is 70.1 Å². The Morgan fingerprint density at radius 2 is 1.45 bits per heavy atom. The van der Waals surface area contributed by atoms with Gasteiger partial charge in [0.1, 0.15) is 18.4 Å². The van der Waals surface area contributed by atoms with Crippen LogP contribution in [-0.2, 0) is 47.7 Å². The van der Waals surface area contributed by atoms with Gasteiger partial charge in [-0.2, -0.15) is 0 Å². The predicted octanol–water partition coefficient (Wildman–Crippen LogP) is 3.90. The molecule has 44 heavy (non-hydrogen) atoms. The van der Waals surface area contributed by atoms with E-state index in [-0.39, 0.29) is 17.5 Å². The van der Waals surface area contributed by atoms with Gasteiger partial charge in [-0.05, 0) is 35.9 Å². The normalized spacial score (nSPS) is 24.0. The lowest BCUT2D eigenvalue weighted by Crippen LogP contribution is -2.61. The monoisotopic (exact) mass is 644 g/mol. The highest BCUT2D eigenvalue weighted by Gasteiger charge is 2.53. The Hall–Kier alpha value is -4.20. The van der Waals surface area contributed by atoms with Crippen molar-refractivity contribution in [2.75, 3.05) is 11.5 Å². The van der Waals surface area contributed by atoms with Crippen LogP contribution in [-0.4, -0.2) is 71.4 Å². The van der Waals surface area contributed by atoms with Gasteiger partial charge in [-0.15, -0.1) is 0 Å². The third kappa shape index (κ3) is 8.24. The maximum Gasteiger partial charge on any atom is 0.303 e. The van der Waals surface area contributed by atoms with E-state index in [9.17, 15) is 24.0 Å². The molecule has 1 fully saturated rings. The molecule has 12 nitrogen and oxygen atoms in total. The Morgan fingerprint density at radius 3 is 2.05 bits per heavy atom. The van der Waals surface area contributed by atoms with Crippen LogP contribution in [0.3, 0.4) is 0 Å². The van der Waals surface area contributed by atoms with E-state index >= 15 is 0 Å². The van der Waals surface area contributed by atoms with Gasteiger partial charge in [-0.3, -0.25) is 28.9 Å². The first-order chi connectivity index (χ1) is 20.9. The first kappa shape index (κ1) is 32.7. The van der Waals surface area contributed by atoms with Crippen LogP contribution in [0.15, 0.2) is 65.3 Å². The number of aliphatic imine (C=N–C) groups is 1. The summed E-state index contributed by atoms with van der Waals surface area (Å²) in [6.45, 7) is 4.23. The molecule has 0 bridgehead atoms. The molecule has 0 aromatic heterocycles. The molecule has 2 aromatic rings. The molecule has 0 saturated carbocycles. The molecular formula is C30H29ClN2O10S. The van der Waals surface area contributed by atoms with Crippen LogP contribution in [0.2, 0.25) is 5.02 Å². The lowest BCUT2D eigenvalue weighted by molar-refractivity contribution is -0.237. The highest BCUT2D eigenvalue weighted by Crippen LogP contribution is 2.38. The van der Waals surface area contributed by atoms with Gasteiger partial charge in [-0.1, -0.05) is 53.7 Å². The summed E-state index contributed by atoms with van der Waals surface area (Å²) in [7, 11) is 0. The Balaban J connectivity index is 1.78. The Labute approximate surface area is 262 Å². The third-order valence-electron chi connectivity index (χ3n) is 6.19. The molecule has 1 unspecified atom stereocenters. The van der Waals surface area contributed by atoms with Crippen molar-refractivity contribution in [3.8, 4) is 0 Å². The number of esters is 4. The summed E-state index contributed by atoms with van der Waals surface area (Å²) in [5, 5.41) is 0.682. The fourth-order valence-electron chi connectivity index (χ4n) is 4.48. The standard InChI is InChI=1S/C30H29ClN2O10S/c1-16(34)39-15-24-25(40-17(2)35)26(41-18(3)36)27(42-19(4)37)29(43-24)44-30-32-23(14-20-10-12-21(31)13-11-20)28(38)33(30)22-8-6-5-7-9-22/h5-14,24-27,29H,15H2,1-4H3/b23-14-/t24-,25-,26+,27-,29?/m0/s1. The second-order valence-corrected chi connectivity index (χ2v) is 11.1. The number of nitrogens with zero attached hydrogens (tertiary/aromatic N) is 2. The number of hydrogen-bond donors (Lipinski definition) is 0. The highest BCUT2D eigenvalue weighted by atomic mass is 35.5. The average Bonchev–Trinajstić information content (AvgIpc) is 3.25. The van der Waals surface area contributed by atoms with Gasteiger partial charge in [0.15, 0.2) is 28.9 Å². The fraction of sp³-hybridized carbons (Fsp3) is 0.333. The molecule has 2 aliphatic heterocycles. The minimum Gasteiger partial charge on any atom is -0.463 e. The molecule has 1 saturated heterocycles. The summed E-state index contributed by atoms with van der Waals surface area (Å²) in [4.78, 5) is 67.8. The number of carbonyl (C=O) groups is 5. The largest absolute Gasteiger partial charge is 0.463 e. The third-order valence-corrected chi connectivity index (χ3v) is 7.54. The molecule has 232 valence electrons. The zero-order valence-electron chi connectivity index (χ0n) is 24.1. The lowest BCUT2D eigenvalue weighted by atomic mass is 9.99. The van der Waals surface area contributed by atoms with Gasteiger partial charge >= 0.3 is 23.9 Å². The van der Waals surface area contributed by atoms with Crippen LogP contribution in [0.25, 0.3) is 6.08 Å². The zero-order valence-corrected chi connectivity index (χ0v) is 25.7. The number of thioether (sulfide) groups is 1. The summed E-state index contributed by atoms with van der Waals surface area (Å²) in [6, 6.07) is 15.5. The van der Waals surface area contributed by atoms with E-state index in [0.717, 1.165) is 32.5 Å². The minimum atomic E-state index is -1.36. The molecule has 0 spiro atoms. The van der Waals surface area contributed by atoms with Gasteiger partial charge in [0, 0.05) is 32.7 Å². The first-order valence-corrected chi connectivity index (χ1v) is 14.6. The van der Waals surface area contributed by atoms with Gasteiger partial charge in [0.05, 0.1) is 5.69 Å². The Morgan fingerprint density at radius 1 is 0.864 bits per heavy atom. The number of hydrogen-bond acceptors (Lipinski definition) is 12. The molecule has 2 aliphatic rings. The molecule has 2 heterocycles. The quantitative estimate of drug-likeness (QED) is 0.234. The number of halogens is 1. The van der Waals surface area contributed by atoms with E-state index < -0.39 is 59.6 Å². The van der Waals surface area contributed by atoms with E-state index in [0.29, 0.717) is 16.3 Å². The van der Waals surface area contributed by atoms with Gasteiger partial charge in [0.2, 0.25) is 0 Å². The van der Waals surface area contributed by atoms with E-state index in [1.54, 1.807) is 60.7 Å². The van der Waals surface area contributed by atoms with E-state index in [2.05, 4.69) is 4.99 Å². The second-order valence-electron chi connectivity index (χ2n) is 9.64. The molecule has 4 rings (SSSR count). The Kier molecular flexibility index (Phi) is 10.8. The molecule has 1 amide bonds. The van der Waals surface area contributed by atoms with Crippen molar-refractivity contribution in [2.24, 2.45) is 4.99 Å². The molecular weight excluding hydrogens is 616 g/mol. The summed E-state index contributed by atoms with van der Waals surface area (Å²) in [5.41, 5.74) is 0.0921. The molecule has 2 aromatic carbocycles. The van der Waals surface area contributed by atoms with Crippen molar-refractivity contribution in [1.82, 2.24) is 0 Å². The van der Waals surface area contributed by atoms with E-state index in [4.69, 9.17) is 35.3 Å². The summed E-state index contributed by atoms with van der Waals surface area (Å²) in [6.07, 6.45) is -3.56. The molecule has 0 aliphatic carbocycles. The van der Waals surface area contributed by atoms with Crippen molar-refractivity contribution in [1.29, 1.82) is 0 Å². The van der Waals surface area contributed by atoms with Crippen molar-refractivity contribution in [2.45, 2.75) is 57.5 Å². The van der Waals surface area contributed by atoms with Gasteiger partial charge in [-0.25, -0.2) is 4.99 Å². The number of amides is 1. The van der Waals surface area contributed by atoms with Gasteiger partial charge in [0.25, 0.3) is 5.91 Å². The fourth-order valence-corrected chi connectivity index (χ4v) is 5.81. The first-order valence-electron chi connectivity index (χ1n) is 13.4. The lowest BCUT2D eigenvalue weighted by Gasteiger charge is -2.44. The number of benzene rings is 2. The number of ether oxygens (including phenoxy) is 5. The number of rotatable bonds is 8. The van der Waals surface area contributed by atoms with Crippen LogP contribution in [0.5, 0.6) is 0 Å². The SMILES string of the molecule is CC(=O)OC[C@@H]1OC(SC2=N/C(=C\c3ccc(Cl)cc3)C(=O)N2c2ccccc2)[C@@H](OC(C)=O)[C@H](OC(C)=O)[C@H]1OC(C)=O. The van der Waals surface area contributed by atoms with Crippen LogP contribution in [0, 0.1) is 0 Å². The number of carbonyl (C=O) groups excluding carboxylic acids is 5. The average molecular weight is 645 g/mol. The number of anilines is 1. The summed E-state index contributed by atoms with van der Waals surface area (Å²) >= 11 is 6.92. The van der Waals surface area contributed by atoms with Crippen molar-refractivity contribution in [3.63, 3.8) is 0 Å². The van der Waals surface area contributed by atoms with Crippen LogP contribution < -0.4 is 4.90 Å². The number of amidine groups is 1. The molecule has 0 radical (unpaired) electrons. The van der Waals surface area contributed by atoms with Crippen molar-refractivity contribution in [3.05, 3.63) is 70.9 Å². The topological polar surface area (TPSA) is 147 Å². The predicted molar refractivity (Wildman–Crippen MR) is 160 cm³/mol. The maximum atomic E-state index is 13.7. The Bertz CT molecular complexity index is 1480. The minimum absolute atomic E-state index is 0.101. The molecule has 0 N–H and O–H groups in total. The van der Waals surface area contributed by atoms with Crippen molar-refractivity contribution < 1.29 is 47.7 Å². The van der Waals surface area contributed by atoms with E-state index in [1.165, 1.54) is 11.8 Å². The van der Waals surface area contributed by atoms with Crippen LogP contribution >= 0.6 is 23.4 Å². The summed E-state index contributed by atoms with van der Waals surface area (Å²) < 4.78 is 27.9. The van der Waals surface area contributed by atoms with Gasteiger partial charge < -0.3 is 23.7 Å². The molecule has 14 heteroatoms. The van der Waals surface area contributed by atoms with E-state index in [1.807, 2.05) is 0 Å². The smallest absolute Gasteiger partial charge is 0.303 e. The maximum absolute atomic E-state index is 13.7. The second kappa shape index (κ2) is 14.5.